The third kappa shape index (κ3) is 2.73. The predicted molar refractivity (Wildman–Crippen MR) is 48.1 cm³/mol. The molecular formula is C9H11N3O. The first kappa shape index (κ1) is 9.49. The molecule has 0 bridgehead atoms. The van der Waals surface area contributed by atoms with E-state index in [0.717, 1.165) is 0 Å². The van der Waals surface area contributed by atoms with Crippen molar-refractivity contribution in [1.29, 1.82) is 5.26 Å². The molecule has 0 saturated carbocycles. The number of rotatable bonds is 3. The Morgan fingerprint density at radius 3 is 3.15 bits per heavy atom. The number of aromatic nitrogens is 1. The van der Waals surface area contributed by atoms with Gasteiger partial charge in [0.25, 0.3) is 0 Å². The Morgan fingerprint density at radius 2 is 2.54 bits per heavy atom. The van der Waals surface area contributed by atoms with Crippen LogP contribution in [0, 0.1) is 11.3 Å². The van der Waals surface area contributed by atoms with Crippen LogP contribution in [0.5, 0.6) is 5.88 Å². The Labute approximate surface area is 77.0 Å². The quantitative estimate of drug-likeness (QED) is 0.736. The van der Waals surface area contributed by atoms with Gasteiger partial charge >= 0.3 is 0 Å². The van der Waals surface area contributed by atoms with Crippen LogP contribution >= 0.6 is 0 Å². The second-order valence-electron chi connectivity index (χ2n) is 2.76. The number of nitriles is 1. The van der Waals surface area contributed by atoms with Crippen molar-refractivity contribution in [2.24, 2.45) is 5.73 Å². The van der Waals surface area contributed by atoms with Gasteiger partial charge in [-0.1, -0.05) is 0 Å². The van der Waals surface area contributed by atoms with Gasteiger partial charge in [-0.15, -0.1) is 0 Å². The average Bonchev–Trinajstić information content (AvgIpc) is 2.15. The van der Waals surface area contributed by atoms with Crippen LogP contribution in [0.25, 0.3) is 0 Å². The van der Waals surface area contributed by atoms with Gasteiger partial charge in [-0.3, -0.25) is 0 Å². The standard InChI is InChI=1S/C9H11N3O/c1-7(11)6-13-9-8(5-10)3-2-4-12-9/h2-4,7H,6,11H2,1H3. The predicted octanol–water partition coefficient (Wildman–Crippen LogP) is 0.679. The minimum Gasteiger partial charge on any atom is -0.475 e. The summed E-state index contributed by atoms with van der Waals surface area (Å²) in [6, 6.07) is 5.28. The van der Waals surface area contributed by atoms with E-state index < -0.39 is 0 Å². The zero-order valence-electron chi connectivity index (χ0n) is 7.40. The van der Waals surface area contributed by atoms with Gasteiger partial charge in [-0.2, -0.15) is 5.26 Å². The van der Waals surface area contributed by atoms with E-state index in [0.29, 0.717) is 18.1 Å². The monoisotopic (exact) mass is 177 g/mol. The Hall–Kier alpha value is -1.60. The van der Waals surface area contributed by atoms with Crippen molar-refractivity contribution in [2.75, 3.05) is 6.61 Å². The highest BCUT2D eigenvalue weighted by molar-refractivity contribution is 5.36. The van der Waals surface area contributed by atoms with Crippen molar-refractivity contribution in [3.63, 3.8) is 0 Å². The van der Waals surface area contributed by atoms with Crippen molar-refractivity contribution in [3.8, 4) is 11.9 Å². The van der Waals surface area contributed by atoms with Gasteiger partial charge < -0.3 is 10.5 Å². The summed E-state index contributed by atoms with van der Waals surface area (Å²) in [5.74, 6) is 0.349. The van der Waals surface area contributed by atoms with Crippen LogP contribution in [0.4, 0.5) is 0 Å². The van der Waals surface area contributed by atoms with Crippen molar-refractivity contribution in [2.45, 2.75) is 13.0 Å². The molecule has 1 aromatic heterocycles. The number of ether oxygens (including phenoxy) is 1. The summed E-state index contributed by atoms with van der Waals surface area (Å²) >= 11 is 0. The molecule has 0 amide bonds. The van der Waals surface area contributed by atoms with E-state index in [1.807, 2.05) is 13.0 Å². The van der Waals surface area contributed by atoms with Gasteiger partial charge in [-0.05, 0) is 19.1 Å². The highest BCUT2D eigenvalue weighted by atomic mass is 16.5. The summed E-state index contributed by atoms with van der Waals surface area (Å²) in [4.78, 5) is 3.92. The van der Waals surface area contributed by atoms with Crippen molar-refractivity contribution >= 4 is 0 Å². The van der Waals surface area contributed by atoms with E-state index in [1.54, 1.807) is 18.3 Å². The molecule has 0 saturated heterocycles. The molecule has 4 nitrogen and oxygen atoms in total. The van der Waals surface area contributed by atoms with Crippen LogP contribution in [-0.4, -0.2) is 17.6 Å². The van der Waals surface area contributed by atoms with Crippen LogP contribution in [0.2, 0.25) is 0 Å². The molecule has 1 atom stereocenters. The lowest BCUT2D eigenvalue weighted by molar-refractivity contribution is 0.284. The van der Waals surface area contributed by atoms with Crippen LogP contribution in [0.1, 0.15) is 12.5 Å². The first-order valence-corrected chi connectivity index (χ1v) is 3.97. The third-order valence-electron chi connectivity index (χ3n) is 1.37. The molecule has 0 radical (unpaired) electrons. The molecule has 2 N–H and O–H groups in total. The topological polar surface area (TPSA) is 71.9 Å². The van der Waals surface area contributed by atoms with E-state index in [2.05, 4.69) is 4.98 Å². The van der Waals surface area contributed by atoms with Gasteiger partial charge in [0.2, 0.25) is 5.88 Å². The molecular weight excluding hydrogens is 166 g/mol. The van der Waals surface area contributed by atoms with E-state index in [9.17, 15) is 0 Å². The lowest BCUT2D eigenvalue weighted by atomic mass is 10.3. The number of nitrogens with zero attached hydrogens (tertiary/aromatic N) is 2. The van der Waals surface area contributed by atoms with Gasteiger partial charge in [0.15, 0.2) is 0 Å². The maximum Gasteiger partial charge on any atom is 0.231 e. The lowest BCUT2D eigenvalue weighted by Crippen LogP contribution is -2.24. The Bertz CT molecular complexity index is 317. The molecule has 1 aromatic rings. The maximum absolute atomic E-state index is 8.68. The molecule has 68 valence electrons. The van der Waals surface area contributed by atoms with Crippen LogP contribution in [0.15, 0.2) is 18.3 Å². The van der Waals surface area contributed by atoms with Gasteiger partial charge in [0.05, 0.1) is 0 Å². The summed E-state index contributed by atoms with van der Waals surface area (Å²) in [6.45, 7) is 2.20. The molecule has 0 fully saturated rings. The fourth-order valence-corrected chi connectivity index (χ4v) is 0.801. The van der Waals surface area contributed by atoms with Crippen molar-refractivity contribution in [3.05, 3.63) is 23.9 Å². The minimum absolute atomic E-state index is 0.0615. The fourth-order valence-electron chi connectivity index (χ4n) is 0.801. The minimum atomic E-state index is -0.0615. The molecule has 1 unspecified atom stereocenters. The zero-order valence-corrected chi connectivity index (χ0v) is 7.40. The molecule has 0 spiro atoms. The molecule has 0 aromatic carbocycles. The van der Waals surface area contributed by atoms with Crippen molar-refractivity contribution in [1.82, 2.24) is 4.98 Å². The smallest absolute Gasteiger partial charge is 0.231 e. The molecule has 0 aliphatic heterocycles. The normalized spacial score (nSPS) is 11.8. The number of pyridine rings is 1. The Balaban J connectivity index is 2.71. The third-order valence-corrected chi connectivity index (χ3v) is 1.37. The van der Waals surface area contributed by atoms with Gasteiger partial charge in [0, 0.05) is 12.2 Å². The van der Waals surface area contributed by atoms with E-state index >= 15 is 0 Å². The number of hydrogen-bond donors (Lipinski definition) is 1. The molecule has 1 heterocycles. The molecule has 13 heavy (non-hydrogen) atoms. The molecule has 1 rings (SSSR count). The summed E-state index contributed by atoms with van der Waals surface area (Å²) in [6.07, 6.45) is 1.58. The summed E-state index contributed by atoms with van der Waals surface area (Å²) in [5, 5.41) is 8.68. The maximum atomic E-state index is 8.68. The largest absolute Gasteiger partial charge is 0.475 e. The highest BCUT2D eigenvalue weighted by Gasteiger charge is 2.03. The fraction of sp³-hybridized carbons (Fsp3) is 0.333. The highest BCUT2D eigenvalue weighted by Crippen LogP contribution is 2.12. The van der Waals surface area contributed by atoms with E-state index in [1.165, 1.54) is 0 Å². The van der Waals surface area contributed by atoms with Crippen LogP contribution in [0.3, 0.4) is 0 Å². The van der Waals surface area contributed by atoms with E-state index in [-0.39, 0.29) is 6.04 Å². The average molecular weight is 177 g/mol. The number of hydrogen-bond acceptors (Lipinski definition) is 4. The Kier molecular flexibility index (Phi) is 3.23. The summed E-state index contributed by atoms with van der Waals surface area (Å²) in [5.41, 5.74) is 5.93. The molecule has 4 heteroatoms. The summed E-state index contributed by atoms with van der Waals surface area (Å²) in [7, 11) is 0. The van der Waals surface area contributed by atoms with Crippen molar-refractivity contribution < 1.29 is 4.74 Å². The summed E-state index contributed by atoms with van der Waals surface area (Å²) < 4.78 is 5.23. The molecule has 0 aliphatic carbocycles. The SMILES string of the molecule is CC(N)COc1ncccc1C#N. The second-order valence-corrected chi connectivity index (χ2v) is 2.76. The Morgan fingerprint density at radius 1 is 1.77 bits per heavy atom. The van der Waals surface area contributed by atoms with E-state index in [4.69, 9.17) is 15.7 Å². The van der Waals surface area contributed by atoms with Crippen LogP contribution < -0.4 is 10.5 Å². The van der Waals surface area contributed by atoms with Gasteiger partial charge in [0.1, 0.15) is 18.2 Å². The molecule has 0 aliphatic rings. The van der Waals surface area contributed by atoms with Crippen LogP contribution in [-0.2, 0) is 0 Å². The van der Waals surface area contributed by atoms with Gasteiger partial charge in [-0.25, -0.2) is 4.98 Å². The first-order valence-electron chi connectivity index (χ1n) is 3.97. The first-order chi connectivity index (χ1) is 6.24. The number of nitrogens with two attached hydrogens (primary N) is 1. The lowest BCUT2D eigenvalue weighted by Gasteiger charge is -2.07. The second kappa shape index (κ2) is 4.43. The zero-order chi connectivity index (χ0) is 9.68.